The van der Waals surface area contributed by atoms with Crippen molar-refractivity contribution in [2.45, 2.75) is 6.18 Å². The van der Waals surface area contributed by atoms with E-state index in [9.17, 15) is 17.6 Å². The van der Waals surface area contributed by atoms with Crippen molar-refractivity contribution in [3.8, 4) is 0 Å². The third-order valence-corrected chi connectivity index (χ3v) is 1.24. The van der Waals surface area contributed by atoms with Crippen molar-refractivity contribution >= 4 is 5.69 Å². The molecule has 0 spiro atoms. The molecule has 0 aliphatic rings. The van der Waals surface area contributed by atoms with E-state index >= 15 is 0 Å². The predicted molar refractivity (Wildman–Crippen MR) is 33.6 cm³/mol. The molecule has 12 heavy (non-hydrogen) atoms. The van der Waals surface area contributed by atoms with Crippen LogP contribution in [0.4, 0.5) is 23.2 Å². The average molecular weight is 180 g/mol. The first-order chi connectivity index (χ1) is 5.43. The van der Waals surface area contributed by atoms with Gasteiger partial charge in [-0.15, -0.1) is 0 Å². The van der Waals surface area contributed by atoms with E-state index < -0.39 is 23.2 Å². The van der Waals surface area contributed by atoms with Gasteiger partial charge in [-0.3, -0.25) is 4.98 Å². The van der Waals surface area contributed by atoms with Crippen LogP contribution >= 0.6 is 0 Å². The zero-order chi connectivity index (χ0) is 9.35. The number of halogens is 4. The van der Waals surface area contributed by atoms with E-state index in [2.05, 4.69) is 4.98 Å². The molecule has 0 radical (unpaired) electrons. The maximum atomic E-state index is 12.4. The molecule has 0 saturated carbocycles. The van der Waals surface area contributed by atoms with E-state index in [1.165, 1.54) is 0 Å². The molecule has 2 nitrogen and oxygen atoms in total. The molecule has 66 valence electrons. The number of pyridine rings is 1. The summed E-state index contributed by atoms with van der Waals surface area (Å²) in [5.74, 6) is -1.16. The van der Waals surface area contributed by atoms with Crippen LogP contribution in [0.25, 0.3) is 0 Å². The summed E-state index contributed by atoms with van der Waals surface area (Å²) in [5.41, 5.74) is 2.67. The van der Waals surface area contributed by atoms with Crippen molar-refractivity contribution in [1.29, 1.82) is 0 Å². The van der Waals surface area contributed by atoms with Crippen molar-refractivity contribution in [3.05, 3.63) is 23.8 Å². The first kappa shape index (κ1) is 8.76. The lowest BCUT2D eigenvalue weighted by atomic mass is 10.2. The quantitative estimate of drug-likeness (QED) is 0.618. The van der Waals surface area contributed by atoms with Crippen LogP contribution in [0.15, 0.2) is 12.4 Å². The lowest BCUT2D eigenvalue weighted by Crippen LogP contribution is -2.10. The number of aromatic nitrogens is 1. The van der Waals surface area contributed by atoms with Gasteiger partial charge in [-0.25, -0.2) is 4.39 Å². The van der Waals surface area contributed by atoms with Gasteiger partial charge in [-0.05, 0) is 0 Å². The molecular formula is C6H4F4N2. The third kappa shape index (κ3) is 1.46. The number of rotatable bonds is 0. The van der Waals surface area contributed by atoms with Gasteiger partial charge in [0, 0.05) is 6.20 Å². The van der Waals surface area contributed by atoms with Crippen LogP contribution in [0.5, 0.6) is 0 Å². The van der Waals surface area contributed by atoms with Crippen LogP contribution in [0, 0.1) is 5.82 Å². The van der Waals surface area contributed by atoms with Gasteiger partial charge in [-0.2, -0.15) is 13.2 Å². The molecule has 0 aromatic carbocycles. The number of alkyl halides is 3. The van der Waals surface area contributed by atoms with E-state index in [1.807, 2.05) is 0 Å². The van der Waals surface area contributed by atoms with E-state index in [-0.39, 0.29) is 0 Å². The van der Waals surface area contributed by atoms with Gasteiger partial charge in [-0.1, -0.05) is 0 Å². The molecule has 0 fully saturated rings. The highest BCUT2D eigenvalue weighted by atomic mass is 19.4. The predicted octanol–water partition coefficient (Wildman–Crippen LogP) is 1.82. The van der Waals surface area contributed by atoms with Gasteiger partial charge in [0.15, 0.2) is 5.82 Å². The molecule has 2 N–H and O–H groups in total. The van der Waals surface area contributed by atoms with E-state index in [1.54, 1.807) is 0 Å². The van der Waals surface area contributed by atoms with Crippen molar-refractivity contribution < 1.29 is 17.6 Å². The Morgan fingerprint density at radius 3 is 2.25 bits per heavy atom. The Morgan fingerprint density at radius 1 is 1.25 bits per heavy atom. The average Bonchev–Trinajstić information content (AvgIpc) is 1.92. The van der Waals surface area contributed by atoms with Gasteiger partial charge in [0.1, 0.15) is 0 Å². The summed E-state index contributed by atoms with van der Waals surface area (Å²) in [5, 5.41) is 0. The fourth-order valence-corrected chi connectivity index (χ4v) is 0.671. The largest absolute Gasteiger partial charge is 0.419 e. The molecular weight excluding hydrogens is 176 g/mol. The molecule has 6 heteroatoms. The maximum Gasteiger partial charge on any atom is 0.419 e. The number of anilines is 1. The Hall–Kier alpha value is -1.33. The molecule has 1 aromatic heterocycles. The molecule has 0 atom stereocenters. The topological polar surface area (TPSA) is 38.9 Å². The van der Waals surface area contributed by atoms with Gasteiger partial charge in [0.2, 0.25) is 0 Å². The lowest BCUT2D eigenvalue weighted by molar-refractivity contribution is -0.137. The summed E-state index contributed by atoms with van der Waals surface area (Å²) in [6, 6.07) is 0. The molecule has 0 amide bonds. The number of hydrogen-bond donors (Lipinski definition) is 1. The Labute approximate surface area is 65.0 Å². The summed E-state index contributed by atoms with van der Waals surface area (Å²) >= 11 is 0. The second kappa shape index (κ2) is 2.62. The smallest absolute Gasteiger partial charge is 0.396 e. The number of nitrogen functional groups attached to an aromatic ring is 1. The second-order valence-corrected chi connectivity index (χ2v) is 2.08. The first-order valence-electron chi connectivity index (χ1n) is 2.89. The Bertz CT molecular complexity index is 294. The van der Waals surface area contributed by atoms with Gasteiger partial charge >= 0.3 is 6.18 Å². The van der Waals surface area contributed by atoms with Crippen molar-refractivity contribution in [3.63, 3.8) is 0 Å². The van der Waals surface area contributed by atoms with Gasteiger partial charge in [0.05, 0.1) is 17.4 Å². The zero-order valence-electron chi connectivity index (χ0n) is 5.69. The van der Waals surface area contributed by atoms with Crippen LogP contribution in [0.1, 0.15) is 5.56 Å². The van der Waals surface area contributed by atoms with Crippen LogP contribution < -0.4 is 5.73 Å². The number of nitrogens with two attached hydrogens (primary N) is 1. The Morgan fingerprint density at radius 2 is 1.83 bits per heavy atom. The monoisotopic (exact) mass is 180 g/mol. The van der Waals surface area contributed by atoms with E-state index in [0.29, 0.717) is 12.4 Å². The van der Waals surface area contributed by atoms with E-state index in [0.717, 1.165) is 0 Å². The molecule has 0 aliphatic carbocycles. The summed E-state index contributed by atoms with van der Waals surface area (Å²) in [7, 11) is 0. The molecule has 0 bridgehead atoms. The zero-order valence-corrected chi connectivity index (χ0v) is 5.69. The highest BCUT2D eigenvalue weighted by Gasteiger charge is 2.34. The Balaban J connectivity index is 3.26. The summed E-state index contributed by atoms with van der Waals surface area (Å²) in [4.78, 5) is 3.04. The third-order valence-electron chi connectivity index (χ3n) is 1.24. The molecule has 0 unspecified atom stereocenters. The molecule has 1 aromatic rings. The minimum Gasteiger partial charge on any atom is -0.396 e. The van der Waals surface area contributed by atoms with Crippen molar-refractivity contribution in [1.82, 2.24) is 4.98 Å². The lowest BCUT2D eigenvalue weighted by Gasteiger charge is -2.08. The van der Waals surface area contributed by atoms with Crippen molar-refractivity contribution in [2.24, 2.45) is 0 Å². The van der Waals surface area contributed by atoms with Crippen LogP contribution in [-0.4, -0.2) is 4.98 Å². The SMILES string of the molecule is Nc1c(F)cncc1C(F)(F)F. The molecule has 1 heterocycles. The highest BCUT2D eigenvalue weighted by Crippen LogP contribution is 2.33. The van der Waals surface area contributed by atoms with Crippen LogP contribution in [-0.2, 0) is 6.18 Å². The Kier molecular flexibility index (Phi) is 1.91. The fourth-order valence-electron chi connectivity index (χ4n) is 0.671. The van der Waals surface area contributed by atoms with Crippen molar-refractivity contribution in [2.75, 3.05) is 5.73 Å². The fraction of sp³-hybridized carbons (Fsp3) is 0.167. The second-order valence-electron chi connectivity index (χ2n) is 2.08. The number of hydrogen-bond acceptors (Lipinski definition) is 2. The van der Waals surface area contributed by atoms with E-state index in [4.69, 9.17) is 5.73 Å². The number of nitrogens with zero attached hydrogens (tertiary/aromatic N) is 1. The van der Waals surface area contributed by atoms with Crippen LogP contribution in [0.2, 0.25) is 0 Å². The summed E-state index contributed by atoms with van der Waals surface area (Å²) < 4.78 is 48.2. The standard InChI is InChI=1S/C6H4F4N2/c7-4-2-12-1-3(5(4)11)6(8,9)10/h1-2H,(H2,11,12). The molecule has 0 aliphatic heterocycles. The van der Waals surface area contributed by atoms with Gasteiger partial charge < -0.3 is 5.73 Å². The van der Waals surface area contributed by atoms with Gasteiger partial charge in [0.25, 0.3) is 0 Å². The minimum atomic E-state index is -4.65. The first-order valence-corrected chi connectivity index (χ1v) is 2.89. The summed E-state index contributed by atoms with van der Waals surface area (Å²) in [6.45, 7) is 0. The maximum absolute atomic E-state index is 12.4. The molecule has 1 rings (SSSR count). The van der Waals surface area contributed by atoms with Crippen LogP contribution in [0.3, 0.4) is 0 Å². The summed E-state index contributed by atoms with van der Waals surface area (Å²) in [6.07, 6.45) is -3.54. The highest BCUT2D eigenvalue weighted by molar-refractivity contribution is 5.47. The minimum absolute atomic E-state index is 0.485. The normalized spacial score (nSPS) is 11.7. The molecule has 0 saturated heterocycles.